The molecule has 0 radical (unpaired) electrons. The molecule has 0 saturated carbocycles. The molecule has 110 valence electrons. The fraction of sp³-hybridized carbons (Fsp3) is 0.533. The Kier molecular flexibility index (Phi) is 5.30. The predicted octanol–water partition coefficient (Wildman–Crippen LogP) is 3.51. The molecular formula is C15H20Cl2N2O. The van der Waals surface area contributed by atoms with Crippen molar-refractivity contribution < 1.29 is 4.79 Å². The topological polar surface area (TPSA) is 32.3 Å². The molecule has 1 heterocycles. The fourth-order valence-electron chi connectivity index (χ4n) is 2.77. The summed E-state index contributed by atoms with van der Waals surface area (Å²) in [5.41, 5.74) is 1.07. The standard InChI is InChI=1S/C15H20Cl2N2O/c1-10(9-18-2)15(20)19-7-3-4-14(19)11-5-6-12(16)13(17)8-11/h5-6,8,10,14,18H,3-4,7,9H2,1-2H3. The van der Waals surface area contributed by atoms with Gasteiger partial charge >= 0.3 is 0 Å². The summed E-state index contributed by atoms with van der Waals surface area (Å²) >= 11 is 12.0. The number of likely N-dealkylation sites (tertiary alicyclic amines) is 1. The van der Waals surface area contributed by atoms with Gasteiger partial charge in [0.25, 0.3) is 0 Å². The van der Waals surface area contributed by atoms with Gasteiger partial charge in [0.1, 0.15) is 0 Å². The van der Waals surface area contributed by atoms with Gasteiger partial charge in [-0.05, 0) is 37.6 Å². The second kappa shape index (κ2) is 6.79. The molecule has 1 amide bonds. The molecule has 20 heavy (non-hydrogen) atoms. The lowest BCUT2D eigenvalue weighted by atomic mass is 10.0. The number of benzene rings is 1. The van der Waals surface area contributed by atoms with Crippen LogP contribution in [0, 0.1) is 5.92 Å². The minimum absolute atomic E-state index is 0.0108. The Hall–Kier alpha value is -0.770. The molecule has 1 N–H and O–H groups in total. The average Bonchev–Trinajstić information content (AvgIpc) is 2.90. The maximum Gasteiger partial charge on any atom is 0.227 e. The van der Waals surface area contributed by atoms with Crippen LogP contribution < -0.4 is 5.32 Å². The van der Waals surface area contributed by atoms with Crippen LogP contribution in [0.25, 0.3) is 0 Å². The second-order valence-corrected chi connectivity index (χ2v) is 6.14. The molecule has 0 spiro atoms. The van der Waals surface area contributed by atoms with Crippen molar-refractivity contribution in [3.63, 3.8) is 0 Å². The van der Waals surface area contributed by atoms with Gasteiger partial charge in [-0.1, -0.05) is 36.2 Å². The van der Waals surface area contributed by atoms with E-state index < -0.39 is 0 Å². The maximum absolute atomic E-state index is 12.5. The Morgan fingerprint density at radius 3 is 2.85 bits per heavy atom. The van der Waals surface area contributed by atoms with Gasteiger partial charge in [-0.2, -0.15) is 0 Å². The molecule has 0 aliphatic carbocycles. The maximum atomic E-state index is 12.5. The van der Waals surface area contributed by atoms with Crippen molar-refractivity contribution >= 4 is 29.1 Å². The normalized spacial score (nSPS) is 20.2. The van der Waals surface area contributed by atoms with Crippen molar-refractivity contribution in [3.8, 4) is 0 Å². The predicted molar refractivity (Wildman–Crippen MR) is 83.2 cm³/mol. The van der Waals surface area contributed by atoms with Crippen LogP contribution in [-0.2, 0) is 4.79 Å². The first-order valence-electron chi connectivity index (χ1n) is 6.94. The minimum atomic E-state index is -0.0108. The van der Waals surface area contributed by atoms with Crippen molar-refractivity contribution in [2.75, 3.05) is 20.1 Å². The molecule has 1 saturated heterocycles. The molecule has 2 atom stereocenters. The van der Waals surface area contributed by atoms with Gasteiger partial charge in [0, 0.05) is 19.0 Å². The highest BCUT2D eigenvalue weighted by molar-refractivity contribution is 6.42. The van der Waals surface area contributed by atoms with Crippen LogP contribution in [0.15, 0.2) is 18.2 Å². The van der Waals surface area contributed by atoms with Gasteiger partial charge in [0.2, 0.25) is 5.91 Å². The van der Waals surface area contributed by atoms with E-state index >= 15 is 0 Å². The fourth-order valence-corrected chi connectivity index (χ4v) is 3.08. The molecule has 1 aliphatic heterocycles. The third kappa shape index (κ3) is 3.27. The number of halogens is 2. The molecule has 2 unspecified atom stereocenters. The number of carbonyl (C=O) groups is 1. The molecule has 3 nitrogen and oxygen atoms in total. The first-order chi connectivity index (χ1) is 9.54. The van der Waals surface area contributed by atoms with Crippen LogP contribution in [0.3, 0.4) is 0 Å². The second-order valence-electron chi connectivity index (χ2n) is 5.32. The van der Waals surface area contributed by atoms with E-state index in [2.05, 4.69) is 5.32 Å². The lowest BCUT2D eigenvalue weighted by Crippen LogP contribution is -2.38. The Bertz CT molecular complexity index is 493. The highest BCUT2D eigenvalue weighted by atomic mass is 35.5. The van der Waals surface area contributed by atoms with Crippen LogP contribution in [0.2, 0.25) is 10.0 Å². The van der Waals surface area contributed by atoms with Crippen molar-refractivity contribution in [1.82, 2.24) is 10.2 Å². The number of carbonyl (C=O) groups excluding carboxylic acids is 1. The zero-order valence-corrected chi connectivity index (χ0v) is 13.3. The summed E-state index contributed by atoms with van der Waals surface area (Å²) < 4.78 is 0. The first kappa shape index (κ1) is 15.6. The molecule has 1 fully saturated rings. The number of amides is 1. The Morgan fingerprint density at radius 2 is 2.20 bits per heavy atom. The van der Waals surface area contributed by atoms with Crippen molar-refractivity contribution in [2.24, 2.45) is 5.92 Å². The highest BCUT2D eigenvalue weighted by Gasteiger charge is 2.32. The summed E-state index contributed by atoms with van der Waals surface area (Å²) in [4.78, 5) is 14.5. The van der Waals surface area contributed by atoms with Crippen molar-refractivity contribution in [2.45, 2.75) is 25.8 Å². The van der Waals surface area contributed by atoms with Crippen molar-refractivity contribution in [3.05, 3.63) is 33.8 Å². The summed E-state index contributed by atoms with van der Waals surface area (Å²) in [6.07, 6.45) is 2.01. The monoisotopic (exact) mass is 314 g/mol. The van der Waals surface area contributed by atoms with Gasteiger partial charge in [-0.3, -0.25) is 4.79 Å². The Balaban J connectivity index is 2.18. The summed E-state index contributed by atoms with van der Waals surface area (Å²) in [6.45, 7) is 3.48. The average molecular weight is 315 g/mol. The minimum Gasteiger partial charge on any atom is -0.335 e. The Morgan fingerprint density at radius 1 is 1.45 bits per heavy atom. The SMILES string of the molecule is CNCC(C)C(=O)N1CCCC1c1ccc(Cl)c(Cl)c1. The van der Waals surface area contributed by atoms with E-state index in [1.807, 2.05) is 31.0 Å². The van der Waals surface area contributed by atoms with Crippen LogP contribution in [0.5, 0.6) is 0 Å². The summed E-state index contributed by atoms with van der Waals surface area (Å²) in [7, 11) is 1.87. The zero-order valence-electron chi connectivity index (χ0n) is 11.8. The number of hydrogen-bond acceptors (Lipinski definition) is 2. The Labute approximate surface area is 130 Å². The number of rotatable bonds is 4. The summed E-state index contributed by atoms with van der Waals surface area (Å²) in [5, 5.41) is 4.16. The van der Waals surface area contributed by atoms with Crippen LogP contribution in [-0.4, -0.2) is 30.9 Å². The summed E-state index contributed by atoms with van der Waals surface area (Å²) in [6, 6.07) is 5.77. The molecule has 1 aromatic carbocycles. The van der Waals surface area contributed by atoms with E-state index in [1.54, 1.807) is 6.07 Å². The van der Waals surface area contributed by atoms with E-state index in [0.29, 0.717) is 16.6 Å². The number of nitrogens with zero attached hydrogens (tertiary/aromatic N) is 1. The van der Waals surface area contributed by atoms with Gasteiger partial charge in [0.05, 0.1) is 16.1 Å². The van der Waals surface area contributed by atoms with E-state index in [9.17, 15) is 4.79 Å². The van der Waals surface area contributed by atoms with E-state index in [4.69, 9.17) is 23.2 Å². The van der Waals surface area contributed by atoms with E-state index in [1.165, 1.54) is 0 Å². The zero-order chi connectivity index (χ0) is 14.7. The molecule has 0 aromatic heterocycles. The van der Waals surface area contributed by atoms with Gasteiger partial charge in [-0.25, -0.2) is 0 Å². The van der Waals surface area contributed by atoms with Gasteiger partial charge < -0.3 is 10.2 Å². The van der Waals surface area contributed by atoms with Crippen LogP contribution in [0.4, 0.5) is 0 Å². The molecular weight excluding hydrogens is 295 g/mol. The molecule has 5 heteroatoms. The van der Waals surface area contributed by atoms with Gasteiger partial charge in [0.15, 0.2) is 0 Å². The third-order valence-corrected chi connectivity index (χ3v) is 4.54. The highest BCUT2D eigenvalue weighted by Crippen LogP contribution is 2.35. The van der Waals surface area contributed by atoms with E-state index in [-0.39, 0.29) is 17.9 Å². The molecule has 2 rings (SSSR count). The van der Waals surface area contributed by atoms with E-state index in [0.717, 1.165) is 24.9 Å². The molecule has 1 aliphatic rings. The first-order valence-corrected chi connectivity index (χ1v) is 7.70. The van der Waals surface area contributed by atoms with Crippen molar-refractivity contribution in [1.29, 1.82) is 0 Å². The molecule has 1 aromatic rings. The molecule has 0 bridgehead atoms. The largest absolute Gasteiger partial charge is 0.335 e. The number of nitrogens with one attached hydrogen (secondary N) is 1. The lowest BCUT2D eigenvalue weighted by Gasteiger charge is -2.28. The summed E-state index contributed by atoms with van der Waals surface area (Å²) in [5.74, 6) is 0.191. The number of hydrogen-bond donors (Lipinski definition) is 1. The third-order valence-electron chi connectivity index (χ3n) is 3.80. The quantitative estimate of drug-likeness (QED) is 0.922. The smallest absolute Gasteiger partial charge is 0.227 e. The van der Waals surface area contributed by atoms with Crippen LogP contribution >= 0.6 is 23.2 Å². The lowest BCUT2D eigenvalue weighted by molar-refractivity contribution is -0.135. The van der Waals surface area contributed by atoms with Gasteiger partial charge in [-0.15, -0.1) is 0 Å². The van der Waals surface area contributed by atoms with Crippen LogP contribution in [0.1, 0.15) is 31.4 Å².